The van der Waals surface area contributed by atoms with Crippen LogP contribution in [0.3, 0.4) is 0 Å². The molecule has 0 aromatic carbocycles. The van der Waals surface area contributed by atoms with Crippen LogP contribution < -0.4 is 0 Å². The minimum absolute atomic E-state index is 0.674. The van der Waals surface area contributed by atoms with Crippen molar-refractivity contribution < 1.29 is 0 Å². The van der Waals surface area contributed by atoms with Crippen LogP contribution in [0, 0.1) is 11.8 Å². The molecule has 1 saturated heterocycles. The van der Waals surface area contributed by atoms with Crippen molar-refractivity contribution in [2.45, 2.75) is 51.6 Å². The van der Waals surface area contributed by atoms with Gasteiger partial charge in [-0.25, -0.2) is 4.98 Å². The number of hydrogen-bond acceptors (Lipinski definition) is 3. The van der Waals surface area contributed by atoms with Gasteiger partial charge in [0.25, 0.3) is 0 Å². The Morgan fingerprint density at radius 1 is 1.27 bits per heavy atom. The second-order valence-corrected chi connectivity index (χ2v) is 7.66. The largest absolute Gasteiger partial charge is 0.344 e. The van der Waals surface area contributed by atoms with Crippen LogP contribution in [0.4, 0.5) is 0 Å². The van der Waals surface area contributed by atoms with Crippen molar-refractivity contribution in [3.05, 3.63) is 16.7 Å². The predicted octanol–water partition coefficient (Wildman–Crippen LogP) is 3.18. The molecular weight excluding hydrogens is 296 g/mol. The summed E-state index contributed by atoms with van der Waals surface area (Å²) in [4.78, 5) is 12.9. The van der Waals surface area contributed by atoms with E-state index in [1.807, 2.05) is 0 Å². The first-order chi connectivity index (χ1) is 10.6. The first-order valence-electron chi connectivity index (χ1n) is 8.70. The van der Waals surface area contributed by atoms with E-state index in [0.29, 0.717) is 5.15 Å². The number of rotatable bonds is 6. The second-order valence-electron chi connectivity index (χ2n) is 7.30. The van der Waals surface area contributed by atoms with Gasteiger partial charge in [-0.1, -0.05) is 24.9 Å². The predicted molar refractivity (Wildman–Crippen MR) is 91.2 cm³/mol. The molecule has 1 unspecified atom stereocenters. The van der Waals surface area contributed by atoms with Crippen LogP contribution in [0.25, 0.3) is 0 Å². The Hall–Kier alpha value is -0.580. The van der Waals surface area contributed by atoms with Crippen LogP contribution in [0.2, 0.25) is 5.15 Å². The maximum absolute atomic E-state index is 6.33. The standard InChI is InChI=1S/C17H29ClN4/c1-4-5-6-15-19-14(17(18)20-15)11-22-9-12-7-8-13(10-22)16(12)21(2)3/h12-13,16H,4-11H2,1-3H3,(H,19,20)/t12-,13+,16?. The zero-order chi connectivity index (χ0) is 15.7. The molecule has 22 heavy (non-hydrogen) atoms. The molecule has 3 rings (SSSR count). The van der Waals surface area contributed by atoms with Gasteiger partial charge in [0.05, 0.1) is 5.69 Å². The Labute approximate surface area is 139 Å². The molecule has 1 aliphatic carbocycles. The average Bonchev–Trinajstić information content (AvgIpc) is 2.95. The molecule has 1 aromatic rings. The van der Waals surface area contributed by atoms with Crippen molar-refractivity contribution in [3.63, 3.8) is 0 Å². The van der Waals surface area contributed by atoms with Gasteiger partial charge in [0.2, 0.25) is 0 Å². The quantitative estimate of drug-likeness (QED) is 0.873. The number of nitrogens with one attached hydrogen (secondary N) is 1. The fraction of sp³-hybridized carbons (Fsp3) is 0.824. The lowest BCUT2D eigenvalue weighted by Gasteiger charge is -2.41. The molecule has 1 N–H and O–H groups in total. The highest BCUT2D eigenvalue weighted by Crippen LogP contribution is 2.39. The summed E-state index contributed by atoms with van der Waals surface area (Å²) < 4.78 is 0. The lowest BCUT2D eigenvalue weighted by atomic mass is 9.91. The summed E-state index contributed by atoms with van der Waals surface area (Å²) in [5, 5.41) is 0.674. The van der Waals surface area contributed by atoms with Crippen LogP contribution >= 0.6 is 11.6 Å². The minimum atomic E-state index is 0.674. The van der Waals surface area contributed by atoms with Crippen LogP contribution in [0.15, 0.2) is 0 Å². The van der Waals surface area contributed by atoms with Gasteiger partial charge in [-0.3, -0.25) is 4.90 Å². The van der Waals surface area contributed by atoms with Crippen molar-refractivity contribution in [2.24, 2.45) is 11.8 Å². The molecule has 5 heteroatoms. The molecule has 1 aromatic heterocycles. The molecule has 2 fully saturated rings. The third-order valence-corrected chi connectivity index (χ3v) is 5.69. The fourth-order valence-corrected chi connectivity index (χ4v) is 4.70. The Kier molecular flexibility index (Phi) is 5.10. The van der Waals surface area contributed by atoms with Crippen molar-refractivity contribution in [2.75, 3.05) is 27.2 Å². The minimum Gasteiger partial charge on any atom is -0.344 e. The number of aromatic amines is 1. The third kappa shape index (κ3) is 3.34. The highest BCUT2D eigenvalue weighted by Gasteiger charge is 2.42. The van der Waals surface area contributed by atoms with Gasteiger partial charge in [0.15, 0.2) is 5.15 Å². The number of imidazole rings is 1. The number of aromatic nitrogens is 2. The van der Waals surface area contributed by atoms with E-state index in [2.05, 4.69) is 40.8 Å². The molecule has 4 nitrogen and oxygen atoms in total. The summed E-state index contributed by atoms with van der Waals surface area (Å²) in [6.45, 7) is 5.51. The summed E-state index contributed by atoms with van der Waals surface area (Å²) in [6, 6.07) is 0.772. The molecule has 0 radical (unpaired) electrons. The van der Waals surface area contributed by atoms with Gasteiger partial charge < -0.3 is 9.88 Å². The van der Waals surface area contributed by atoms with Crippen LogP contribution in [0.1, 0.15) is 44.1 Å². The van der Waals surface area contributed by atoms with E-state index >= 15 is 0 Å². The van der Waals surface area contributed by atoms with Gasteiger partial charge in [-0.2, -0.15) is 0 Å². The van der Waals surface area contributed by atoms with Gasteiger partial charge in [0.1, 0.15) is 5.82 Å². The maximum atomic E-state index is 6.33. The average molecular weight is 325 g/mol. The van der Waals surface area contributed by atoms with E-state index in [4.69, 9.17) is 11.6 Å². The number of likely N-dealkylation sites (tertiary alicyclic amines) is 1. The zero-order valence-corrected chi connectivity index (χ0v) is 14.9. The molecule has 2 heterocycles. The summed E-state index contributed by atoms with van der Waals surface area (Å²) in [5.41, 5.74) is 1.11. The van der Waals surface area contributed by atoms with Gasteiger partial charge in [-0.05, 0) is 45.2 Å². The highest BCUT2D eigenvalue weighted by atomic mass is 35.5. The topological polar surface area (TPSA) is 35.2 Å². The van der Waals surface area contributed by atoms with E-state index in [1.165, 1.54) is 38.8 Å². The Balaban J connectivity index is 1.62. The molecule has 1 aliphatic heterocycles. The first-order valence-corrected chi connectivity index (χ1v) is 9.08. The number of aryl methyl sites for hydroxylation is 1. The van der Waals surface area contributed by atoms with Crippen LogP contribution in [0.5, 0.6) is 0 Å². The van der Waals surface area contributed by atoms with E-state index in [1.54, 1.807) is 0 Å². The number of halogens is 1. The maximum Gasteiger partial charge on any atom is 0.151 e. The number of fused-ring (bicyclic) bond motifs is 2. The number of nitrogens with zero attached hydrogens (tertiary/aromatic N) is 3. The number of piperidine rings is 1. The Bertz CT molecular complexity index is 485. The molecule has 3 atom stereocenters. The number of hydrogen-bond donors (Lipinski definition) is 1. The second kappa shape index (κ2) is 6.90. The smallest absolute Gasteiger partial charge is 0.151 e. The van der Waals surface area contributed by atoms with E-state index < -0.39 is 0 Å². The van der Waals surface area contributed by atoms with Gasteiger partial charge in [0, 0.05) is 32.1 Å². The molecule has 124 valence electrons. The molecule has 0 amide bonds. The number of H-pyrrole nitrogens is 1. The fourth-order valence-electron chi connectivity index (χ4n) is 4.49. The van der Waals surface area contributed by atoms with Gasteiger partial charge in [-0.15, -0.1) is 0 Å². The lowest BCUT2D eigenvalue weighted by Crippen LogP contribution is -2.50. The van der Waals surface area contributed by atoms with E-state index in [-0.39, 0.29) is 0 Å². The molecule has 1 saturated carbocycles. The van der Waals surface area contributed by atoms with Crippen LogP contribution in [-0.4, -0.2) is 53.0 Å². The summed E-state index contributed by atoms with van der Waals surface area (Å²) in [7, 11) is 4.47. The van der Waals surface area contributed by atoms with Crippen molar-refractivity contribution in [1.29, 1.82) is 0 Å². The summed E-state index contributed by atoms with van der Waals surface area (Å²) in [6.07, 6.45) is 6.12. The lowest BCUT2D eigenvalue weighted by molar-refractivity contribution is 0.0708. The Morgan fingerprint density at radius 2 is 1.95 bits per heavy atom. The van der Waals surface area contributed by atoms with Gasteiger partial charge >= 0.3 is 0 Å². The third-order valence-electron chi connectivity index (χ3n) is 5.38. The normalized spacial score (nSPS) is 28.7. The van der Waals surface area contributed by atoms with E-state index in [0.717, 1.165) is 42.4 Å². The summed E-state index contributed by atoms with van der Waals surface area (Å²) >= 11 is 6.33. The van der Waals surface area contributed by atoms with E-state index in [9.17, 15) is 0 Å². The molecule has 2 bridgehead atoms. The first kappa shape index (κ1) is 16.3. The van der Waals surface area contributed by atoms with Crippen molar-refractivity contribution in [1.82, 2.24) is 19.8 Å². The van der Waals surface area contributed by atoms with Crippen LogP contribution in [-0.2, 0) is 13.0 Å². The zero-order valence-electron chi connectivity index (χ0n) is 14.1. The van der Waals surface area contributed by atoms with Crippen molar-refractivity contribution >= 4 is 11.6 Å². The SMILES string of the molecule is CCCCc1nc(Cl)c(CN2C[C@H]3CC[C@@H](C2)C3N(C)C)[nH]1. The number of unbranched alkanes of at least 4 members (excludes halogenated alkanes) is 1. The summed E-state index contributed by atoms with van der Waals surface area (Å²) in [5.74, 6) is 2.68. The molecule has 0 spiro atoms. The highest BCUT2D eigenvalue weighted by molar-refractivity contribution is 6.30. The molecular formula is C17H29ClN4. The van der Waals surface area contributed by atoms with Crippen molar-refractivity contribution in [3.8, 4) is 0 Å². The molecule has 2 aliphatic rings. The Morgan fingerprint density at radius 3 is 2.55 bits per heavy atom. The monoisotopic (exact) mass is 324 g/mol.